The Hall–Kier alpha value is -1.98. The molecule has 4 nitrogen and oxygen atoms in total. The number of halogens is 2. The van der Waals surface area contributed by atoms with Gasteiger partial charge in [0.25, 0.3) is 0 Å². The molecule has 0 aromatic heterocycles. The maximum Gasteiger partial charge on any atom is 0.311 e. The van der Waals surface area contributed by atoms with Gasteiger partial charge >= 0.3 is 5.97 Å². The van der Waals surface area contributed by atoms with Gasteiger partial charge in [0, 0.05) is 13.0 Å². The molecule has 1 aromatic rings. The Morgan fingerprint density at radius 3 is 2.46 bits per heavy atom. The van der Waals surface area contributed by atoms with E-state index in [1.54, 1.807) is 0 Å². The first-order valence-corrected chi connectivity index (χ1v) is 8.37. The minimum atomic E-state index is -0.891. The highest BCUT2D eigenvalue weighted by atomic mass is 19.2. The van der Waals surface area contributed by atoms with E-state index in [9.17, 15) is 23.5 Å². The standard InChI is InChI=1S/C18H23F2NO3/c19-14-8-7-13(11-15(14)20)5-4-6-16(22)21-12-18(17(23)24)9-2-1-3-10-18/h7-8,11H,1-6,9-10,12H2,(H,21,22)(H,23,24). The average Bonchev–Trinajstić information content (AvgIpc) is 2.57. The molecule has 0 heterocycles. The van der Waals surface area contributed by atoms with E-state index in [4.69, 9.17) is 0 Å². The highest BCUT2D eigenvalue weighted by Gasteiger charge is 2.39. The summed E-state index contributed by atoms with van der Waals surface area (Å²) in [5.41, 5.74) is -0.204. The van der Waals surface area contributed by atoms with Crippen molar-refractivity contribution in [1.82, 2.24) is 5.32 Å². The van der Waals surface area contributed by atoms with Gasteiger partial charge < -0.3 is 10.4 Å². The molecule has 1 fully saturated rings. The molecule has 1 aromatic carbocycles. The summed E-state index contributed by atoms with van der Waals surface area (Å²) < 4.78 is 25.9. The molecule has 0 bridgehead atoms. The van der Waals surface area contributed by atoms with Gasteiger partial charge in [0.2, 0.25) is 5.91 Å². The van der Waals surface area contributed by atoms with Crippen molar-refractivity contribution in [2.24, 2.45) is 5.41 Å². The van der Waals surface area contributed by atoms with Crippen LogP contribution in [0.3, 0.4) is 0 Å². The zero-order valence-electron chi connectivity index (χ0n) is 13.6. The van der Waals surface area contributed by atoms with Gasteiger partial charge in [-0.15, -0.1) is 0 Å². The van der Waals surface area contributed by atoms with Crippen LogP contribution in [0, 0.1) is 17.0 Å². The fourth-order valence-electron chi connectivity index (χ4n) is 3.20. The lowest BCUT2D eigenvalue weighted by molar-refractivity contribution is -0.151. The van der Waals surface area contributed by atoms with Gasteiger partial charge in [0.15, 0.2) is 11.6 Å². The van der Waals surface area contributed by atoms with Crippen molar-refractivity contribution in [3.05, 3.63) is 35.4 Å². The zero-order valence-corrected chi connectivity index (χ0v) is 13.6. The minimum Gasteiger partial charge on any atom is -0.481 e. The van der Waals surface area contributed by atoms with Crippen LogP contribution >= 0.6 is 0 Å². The lowest BCUT2D eigenvalue weighted by atomic mass is 9.74. The number of rotatable bonds is 7. The second-order valence-corrected chi connectivity index (χ2v) is 6.52. The van der Waals surface area contributed by atoms with Gasteiger partial charge in [-0.3, -0.25) is 9.59 Å². The van der Waals surface area contributed by atoms with Crippen molar-refractivity contribution < 1.29 is 23.5 Å². The van der Waals surface area contributed by atoms with E-state index >= 15 is 0 Å². The van der Waals surface area contributed by atoms with Gasteiger partial charge in [-0.1, -0.05) is 25.3 Å². The van der Waals surface area contributed by atoms with Crippen LogP contribution in [-0.2, 0) is 16.0 Å². The summed E-state index contributed by atoms with van der Waals surface area (Å²) in [5, 5.41) is 12.2. The summed E-state index contributed by atoms with van der Waals surface area (Å²) in [4.78, 5) is 23.5. The summed E-state index contributed by atoms with van der Waals surface area (Å²) in [6, 6.07) is 3.71. The Kier molecular flexibility index (Phi) is 6.29. The Morgan fingerprint density at radius 2 is 1.83 bits per heavy atom. The third-order valence-corrected chi connectivity index (χ3v) is 4.74. The average molecular weight is 339 g/mol. The highest BCUT2D eigenvalue weighted by Crippen LogP contribution is 2.36. The first kappa shape index (κ1) is 18.4. The minimum absolute atomic E-state index is 0.159. The molecular formula is C18H23F2NO3. The van der Waals surface area contributed by atoms with Gasteiger partial charge in [-0.05, 0) is 43.4 Å². The van der Waals surface area contributed by atoms with Crippen molar-refractivity contribution in [3.8, 4) is 0 Å². The summed E-state index contributed by atoms with van der Waals surface area (Å²) in [5.74, 6) is -2.83. The van der Waals surface area contributed by atoms with Gasteiger partial charge in [-0.2, -0.15) is 0 Å². The first-order chi connectivity index (χ1) is 11.4. The number of nitrogens with one attached hydrogen (secondary N) is 1. The Balaban J connectivity index is 1.76. The quantitative estimate of drug-likeness (QED) is 0.800. The molecular weight excluding hydrogens is 316 g/mol. The van der Waals surface area contributed by atoms with E-state index in [1.165, 1.54) is 6.07 Å². The third-order valence-electron chi connectivity index (χ3n) is 4.74. The van der Waals surface area contributed by atoms with Gasteiger partial charge in [0.1, 0.15) is 0 Å². The molecule has 0 unspecified atom stereocenters. The Labute approximate surface area is 140 Å². The van der Waals surface area contributed by atoms with Crippen molar-refractivity contribution in [2.75, 3.05) is 6.54 Å². The lowest BCUT2D eigenvalue weighted by Crippen LogP contribution is -2.44. The number of aryl methyl sites for hydroxylation is 1. The third kappa shape index (κ3) is 4.76. The normalized spacial score (nSPS) is 16.6. The van der Waals surface area contributed by atoms with E-state index in [2.05, 4.69) is 5.32 Å². The van der Waals surface area contributed by atoms with Crippen LogP contribution in [0.25, 0.3) is 0 Å². The van der Waals surface area contributed by atoms with Crippen LogP contribution in [0.4, 0.5) is 8.78 Å². The van der Waals surface area contributed by atoms with Crippen LogP contribution in [0.1, 0.15) is 50.5 Å². The predicted molar refractivity (Wildman–Crippen MR) is 85.5 cm³/mol. The van der Waals surface area contributed by atoms with Gasteiger partial charge in [0.05, 0.1) is 5.41 Å². The predicted octanol–water partition coefficient (Wildman–Crippen LogP) is 3.44. The molecule has 1 amide bonds. The number of carbonyl (C=O) groups is 2. The van der Waals surface area contributed by atoms with E-state index in [-0.39, 0.29) is 18.9 Å². The number of carboxylic acid groups (broad SMARTS) is 1. The summed E-state index contributed by atoms with van der Waals surface area (Å²) in [7, 11) is 0. The van der Waals surface area contributed by atoms with E-state index in [1.807, 2.05) is 0 Å². The van der Waals surface area contributed by atoms with E-state index in [0.717, 1.165) is 31.4 Å². The summed E-state index contributed by atoms with van der Waals surface area (Å²) in [6.45, 7) is 0.159. The number of carboxylic acids is 1. The molecule has 0 saturated heterocycles. The smallest absolute Gasteiger partial charge is 0.311 e. The van der Waals surface area contributed by atoms with E-state index < -0.39 is 23.0 Å². The monoisotopic (exact) mass is 339 g/mol. The molecule has 0 aliphatic heterocycles. The van der Waals surface area contributed by atoms with Crippen LogP contribution in [0.2, 0.25) is 0 Å². The highest BCUT2D eigenvalue weighted by molar-refractivity contribution is 5.79. The number of aliphatic carboxylic acids is 1. The SMILES string of the molecule is O=C(CCCc1ccc(F)c(F)c1)NCC1(C(=O)O)CCCCC1. The van der Waals surface area contributed by atoms with Crippen LogP contribution in [0.5, 0.6) is 0 Å². The molecule has 0 spiro atoms. The molecule has 0 atom stereocenters. The molecule has 1 aliphatic carbocycles. The van der Waals surface area contributed by atoms with E-state index in [0.29, 0.717) is 31.2 Å². The molecule has 0 radical (unpaired) electrons. The number of amides is 1. The summed E-state index contributed by atoms with van der Waals surface area (Å²) in [6.07, 6.45) is 5.17. The van der Waals surface area contributed by atoms with Crippen molar-refractivity contribution in [2.45, 2.75) is 51.4 Å². The molecule has 2 rings (SSSR count). The fourth-order valence-corrected chi connectivity index (χ4v) is 3.20. The number of hydrogen-bond acceptors (Lipinski definition) is 2. The number of hydrogen-bond donors (Lipinski definition) is 2. The first-order valence-electron chi connectivity index (χ1n) is 8.37. The van der Waals surface area contributed by atoms with Crippen molar-refractivity contribution >= 4 is 11.9 Å². The molecule has 2 N–H and O–H groups in total. The second kappa shape index (κ2) is 8.22. The van der Waals surface area contributed by atoms with Crippen LogP contribution in [0.15, 0.2) is 18.2 Å². The number of carbonyl (C=O) groups excluding carboxylic acids is 1. The molecule has 24 heavy (non-hydrogen) atoms. The second-order valence-electron chi connectivity index (χ2n) is 6.52. The maximum atomic E-state index is 13.1. The number of benzene rings is 1. The largest absolute Gasteiger partial charge is 0.481 e. The zero-order chi connectivity index (χ0) is 17.6. The van der Waals surface area contributed by atoms with Crippen molar-refractivity contribution in [3.63, 3.8) is 0 Å². The Bertz CT molecular complexity index is 598. The molecule has 1 saturated carbocycles. The fraction of sp³-hybridized carbons (Fsp3) is 0.556. The summed E-state index contributed by atoms with van der Waals surface area (Å²) >= 11 is 0. The lowest BCUT2D eigenvalue weighted by Gasteiger charge is -2.33. The topological polar surface area (TPSA) is 66.4 Å². The molecule has 1 aliphatic rings. The van der Waals surface area contributed by atoms with Gasteiger partial charge in [-0.25, -0.2) is 8.78 Å². The van der Waals surface area contributed by atoms with Crippen LogP contribution in [-0.4, -0.2) is 23.5 Å². The Morgan fingerprint density at radius 1 is 1.12 bits per heavy atom. The molecule has 132 valence electrons. The van der Waals surface area contributed by atoms with Crippen molar-refractivity contribution in [1.29, 1.82) is 0 Å². The maximum absolute atomic E-state index is 13.1. The van der Waals surface area contributed by atoms with Crippen LogP contribution < -0.4 is 5.32 Å². The molecule has 6 heteroatoms.